The van der Waals surface area contributed by atoms with Gasteiger partial charge in [0.1, 0.15) is 5.58 Å². The SMILES string of the molecule is CCN(CC)CNC(=S)NCc1cc2ccccc2oc1=O. The molecule has 2 rings (SSSR count). The molecular formula is C16H21N3O2S. The van der Waals surface area contributed by atoms with Crippen LogP contribution in [0.25, 0.3) is 11.0 Å². The molecular weight excluding hydrogens is 298 g/mol. The first-order valence-electron chi connectivity index (χ1n) is 7.39. The monoisotopic (exact) mass is 319 g/mol. The van der Waals surface area contributed by atoms with Crippen molar-refractivity contribution in [1.82, 2.24) is 15.5 Å². The Morgan fingerprint density at radius 3 is 2.68 bits per heavy atom. The summed E-state index contributed by atoms with van der Waals surface area (Å²) >= 11 is 5.22. The molecule has 0 saturated heterocycles. The molecule has 6 heteroatoms. The van der Waals surface area contributed by atoms with Gasteiger partial charge >= 0.3 is 5.63 Å². The highest BCUT2D eigenvalue weighted by atomic mass is 32.1. The zero-order valence-electron chi connectivity index (χ0n) is 12.9. The number of hydrogen-bond donors (Lipinski definition) is 2. The van der Waals surface area contributed by atoms with Gasteiger partial charge in [0, 0.05) is 11.9 Å². The highest BCUT2D eigenvalue weighted by molar-refractivity contribution is 7.80. The average Bonchev–Trinajstić information content (AvgIpc) is 2.53. The zero-order chi connectivity index (χ0) is 15.9. The Morgan fingerprint density at radius 2 is 1.95 bits per heavy atom. The molecule has 0 bridgehead atoms. The minimum Gasteiger partial charge on any atom is -0.422 e. The predicted octanol–water partition coefficient (Wildman–Crippen LogP) is 2.06. The van der Waals surface area contributed by atoms with Crippen LogP contribution in [0.3, 0.4) is 0 Å². The Labute approximate surface area is 135 Å². The molecule has 22 heavy (non-hydrogen) atoms. The van der Waals surface area contributed by atoms with Crippen LogP contribution in [0.4, 0.5) is 0 Å². The molecule has 0 spiro atoms. The molecule has 0 saturated carbocycles. The highest BCUT2D eigenvalue weighted by Crippen LogP contribution is 2.12. The number of rotatable bonds is 6. The summed E-state index contributed by atoms with van der Waals surface area (Å²) in [6, 6.07) is 9.29. The molecule has 1 heterocycles. The van der Waals surface area contributed by atoms with E-state index >= 15 is 0 Å². The molecule has 1 aromatic carbocycles. The smallest absolute Gasteiger partial charge is 0.341 e. The maximum Gasteiger partial charge on any atom is 0.341 e. The number of nitrogens with zero attached hydrogens (tertiary/aromatic N) is 1. The quantitative estimate of drug-likeness (QED) is 0.483. The standard InChI is InChI=1S/C16H21N3O2S/c1-3-19(4-2)11-18-16(22)17-10-13-9-12-7-5-6-8-14(12)21-15(13)20/h5-9H,3-4,10-11H2,1-2H3,(H2,17,18,22). The lowest BCUT2D eigenvalue weighted by Gasteiger charge is -2.19. The van der Waals surface area contributed by atoms with E-state index in [4.69, 9.17) is 16.6 Å². The lowest BCUT2D eigenvalue weighted by atomic mass is 10.2. The fraction of sp³-hybridized carbons (Fsp3) is 0.375. The summed E-state index contributed by atoms with van der Waals surface area (Å²) in [6.07, 6.45) is 0. The molecule has 1 aromatic heterocycles. The predicted molar refractivity (Wildman–Crippen MR) is 92.8 cm³/mol. The van der Waals surface area contributed by atoms with Crippen molar-refractivity contribution in [1.29, 1.82) is 0 Å². The zero-order valence-corrected chi connectivity index (χ0v) is 13.7. The van der Waals surface area contributed by atoms with Crippen molar-refractivity contribution in [3.05, 3.63) is 46.3 Å². The van der Waals surface area contributed by atoms with Crippen molar-refractivity contribution in [2.75, 3.05) is 19.8 Å². The largest absolute Gasteiger partial charge is 0.422 e. The third-order valence-electron chi connectivity index (χ3n) is 3.51. The first-order valence-corrected chi connectivity index (χ1v) is 7.80. The van der Waals surface area contributed by atoms with Gasteiger partial charge in [-0.2, -0.15) is 0 Å². The van der Waals surface area contributed by atoms with Crippen molar-refractivity contribution < 1.29 is 4.42 Å². The molecule has 5 nitrogen and oxygen atoms in total. The summed E-state index contributed by atoms with van der Waals surface area (Å²) in [5, 5.41) is 7.60. The Bertz CT molecular complexity index is 695. The summed E-state index contributed by atoms with van der Waals surface area (Å²) in [7, 11) is 0. The summed E-state index contributed by atoms with van der Waals surface area (Å²) in [5.41, 5.74) is 0.821. The Balaban J connectivity index is 1.95. The number of fused-ring (bicyclic) bond motifs is 1. The number of thiocarbonyl (C=S) groups is 1. The number of nitrogens with one attached hydrogen (secondary N) is 2. The molecule has 2 N–H and O–H groups in total. The number of benzene rings is 1. The van der Waals surface area contributed by atoms with E-state index in [0.29, 0.717) is 29.5 Å². The summed E-state index contributed by atoms with van der Waals surface area (Å²) in [4.78, 5) is 14.1. The number of para-hydroxylation sites is 1. The van der Waals surface area contributed by atoms with E-state index in [-0.39, 0.29) is 5.63 Å². The van der Waals surface area contributed by atoms with E-state index in [1.165, 1.54) is 0 Å². The summed E-state index contributed by atoms with van der Waals surface area (Å²) < 4.78 is 5.29. The first kappa shape index (κ1) is 16.5. The summed E-state index contributed by atoms with van der Waals surface area (Å²) in [6.45, 7) is 7.15. The normalized spacial score (nSPS) is 10.9. The molecule has 0 radical (unpaired) electrons. The van der Waals surface area contributed by atoms with Gasteiger partial charge in [0.2, 0.25) is 0 Å². The fourth-order valence-electron chi connectivity index (χ4n) is 2.10. The van der Waals surface area contributed by atoms with Gasteiger partial charge in [0.15, 0.2) is 5.11 Å². The lowest BCUT2D eigenvalue weighted by Crippen LogP contribution is -2.42. The van der Waals surface area contributed by atoms with Crippen LogP contribution >= 0.6 is 12.2 Å². The lowest BCUT2D eigenvalue weighted by molar-refractivity contribution is 0.298. The van der Waals surface area contributed by atoms with Gasteiger partial charge in [0.25, 0.3) is 0 Å². The molecule has 0 fully saturated rings. The first-order chi connectivity index (χ1) is 10.6. The number of hydrogen-bond acceptors (Lipinski definition) is 4. The minimum absolute atomic E-state index is 0.335. The van der Waals surface area contributed by atoms with Crippen molar-refractivity contribution in [3.63, 3.8) is 0 Å². The third kappa shape index (κ3) is 4.29. The van der Waals surface area contributed by atoms with E-state index in [1.807, 2.05) is 24.3 Å². The van der Waals surface area contributed by atoms with Gasteiger partial charge < -0.3 is 15.1 Å². The van der Waals surface area contributed by atoms with Gasteiger partial charge in [-0.3, -0.25) is 4.90 Å². The minimum atomic E-state index is -0.335. The maximum atomic E-state index is 11.9. The van der Waals surface area contributed by atoms with Crippen molar-refractivity contribution >= 4 is 28.3 Å². The molecule has 0 aliphatic heterocycles. The Hall–Kier alpha value is -1.92. The van der Waals surface area contributed by atoms with E-state index in [1.54, 1.807) is 6.07 Å². The molecule has 0 aliphatic rings. The van der Waals surface area contributed by atoms with E-state index in [0.717, 1.165) is 18.5 Å². The van der Waals surface area contributed by atoms with E-state index < -0.39 is 0 Å². The topological polar surface area (TPSA) is 57.5 Å². The second kappa shape index (κ2) is 7.91. The van der Waals surface area contributed by atoms with Gasteiger partial charge in [-0.05, 0) is 37.4 Å². The van der Waals surface area contributed by atoms with Crippen molar-refractivity contribution in [3.8, 4) is 0 Å². The molecule has 0 unspecified atom stereocenters. The second-order valence-corrected chi connectivity index (χ2v) is 5.33. The van der Waals surface area contributed by atoms with Crippen molar-refractivity contribution in [2.24, 2.45) is 0 Å². The van der Waals surface area contributed by atoms with Crippen LogP contribution in [-0.2, 0) is 6.54 Å². The molecule has 0 amide bonds. The highest BCUT2D eigenvalue weighted by Gasteiger charge is 2.06. The van der Waals surface area contributed by atoms with Crippen LogP contribution in [0.5, 0.6) is 0 Å². The van der Waals surface area contributed by atoms with Crippen LogP contribution in [0, 0.1) is 0 Å². The molecule has 0 atom stereocenters. The molecule has 118 valence electrons. The van der Waals surface area contributed by atoms with Crippen LogP contribution in [0.1, 0.15) is 19.4 Å². The Kier molecular flexibility index (Phi) is 5.91. The third-order valence-corrected chi connectivity index (χ3v) is 3.80. The van der Waals surface area contributed by atoms with Crippen molar-refractivity contribution in [2.45, 2.75) is 20.4 Å². The molecule has 0 aliphatic carbocycles. The molecule has 2 aromatic rings. The fourth-order valence-corrected chi connectivity index (χ4v) is 2.23. The summed E-state index contributed by atoms with van der Waals surface area (Å²) in [5.74, 6) is 0. The van der Waals surface area contributed by atoms with Gasteiger partial charge in [-0.25, -0.2) is 4.79 Å². The van der Waals surface area contributed by atoms with Crippen LogP contribution < -0.4 is 16.3 Å². The van der Waals surface area contributed by atoms with E-state index in [9.17, 15) is 4.79 Å². The van der Waals surface area contributed by atoms with Gasteiger partial charge in [-0.15, -0.1) is 0 Å². The van der Waals surface area contributed by atoms with Crippen LogP contribution in [-0.4, -0.2) is 29.8 Å². The van der Waals surface area contributed by atoms with Crippen LogP contribution in [0.2, 0.25) is 0 Å². The maximum absolute atomic E-state index is 11.9. The van der Waals surface area contributed by atoms with Gasteiger partial charge in [0.05, 0.1) is 12.2 Å². The second-order valence-electron chi connectivity index (χ2n) is 4.92. The van der Waals surface area contributed by atoms with Gasteiger partial charge in [-0.1, -0.05) is 32.0 Å². The van der Waals surface area contributed by atoms with E-state index in [2.05, 4.69) is 29.4 Å². The Morgan fingerprint density at radius 1 is 1.23 bits per heavy atom. The average molecular weight is 319 g/mol. The van der Waals surface area contributed by atoms with Crippen LogP contribution in [0.15, 0.2) is 39.5 Å².